The SMILES string of the molecule is CN1CCN(CCCNC(=O)CN(c2ccc(F)cc2)S(C)(=O)=O)CC1. The van der Waals surface area contributed by atoms with Crippen LogP contribution in [0, 0.1) is 5.82 Å². The largest absolute Gasteiger partial charge is 0.354 e. The van der Waals surface area contributed by atoms with Crippen molar-refractivity contribution in [3.8, 4) is 0 Å². The van der Waals surface area contributed by atoms with Gasteiger partial charge in [-0.2, -0.15) is 0 Å². The Bertz CT molecular complexity index is 688. The Labute approximate surface area is 154 Å². The summed E-state index contributed by atoms with van der Waals surface area (Å²) in [6.45, 7) is 5.22. The number of amides is 1. The molecule has 1 aliphatic rings. The second kappa shape index (κ2) is 9.29. The van der Waals surface area contributed by atoms with Gasteiger partial charge in [0.2, 0.25) is 15.9 Å². The van der Waals surface area contributed by atoms with Gasteiger partial charge in [0.15, 0.2) is 0 Å². The zero-order valence-electron chi connectivity index (χ0n) is 15.3. The van der Waals surface area contributed by atoms with Crippen molar-refractivity contribution in [2.24, 2.45) is 0 Å². The molecule has 1 N–H and O–H groups in total. The maximum Gasteiger partial charge on any atom is 0.240 e. The van der Waals surface area contributed by atoms with Gasteiger partial charge >= 0.3 is 0 Å². The van der Waals surface area contributed by atoms with E-state index in [0.29, 0.717) is 6.54 Å². The number of anilines is 1. The number of nitrogens with zero attached hydrogens (tertiary/aromatic N) is 3. The summed E-state index contributed by atoms with van der Waals surface area (Å²) in [6.07, 6.45) is 1.84. The fourth-order valence-electron chi connectivity index (χ4n) is 2.80. The molecule has 0 aromatic heterocycles. The maximum absolute atomic E-state index is 13.0. The van der Waals surface area contributed by atoms with Crippen molar-refractivity contribution in [2.75, 3.05) is 63.4 Å². The molecule has 0 bridgehead atoms. The fraction of sp³-hybridized carbons (Fsp3) is 0.588. The van der Waals surface area contributed by atoms with Crippen LogP contribution in [-0.2, 0) is 14.8 Å². The summed E-state index contributed by atoms with van der Waals surface area (Å²) >= 11 is 0. The molecule has 1 aromatic carbocycles. The Balaban J connectivity index is 1.79. The van der Waals surface area contributed by atoms with Crippen LogP contribution in [0.3, 0.4) is 0 Å². The third-order valence-electron chi connectivity index (χ3n) is 4.37. The van der Waals surface area contributed by atoms with E-state index >= 15 is 0 Å². The first-order chi connectivity index (χ1) is 12.3. The predicted molar refractivity (Wildman–Crippen MR) is 100 cm³/mol. The Hall–Kier alpha value is -1.71. The lowest BCUT2D eigenvalue weighted by Crippen LogP contribution is -2.45. The highest BCUT2D eigenvalue weighted by Gasteiger charge is 2.20. The molecule has 0 unspecified atom stereocenters. The summed E-state index contributed by atoms with van der Waals surface area (Å²) in [4.78, 5) is 16.8. The molecule has 1 aliphatic heterocycles. The van der Waals surface area contributed by atoms with Crippen molar-refractivity contribution in [2.45, 2.75) is 6.42 Å². The molecule has 0 saturated carbocycles. The van der Waals surface area contributed by atoms with Crippen molar-refractivity contribution >= 4 is 21.6 Å². The van der Waals surface area contributed by atoms with E-state index in [4.69, 9.17) is 0 Å². The van der Waals surface area contributed by atoms with Gasteiger partial charge in [0.25, 0.3) is 0 Å². The molecule has 0 spiro atoms. The molecule has 1 amide bonds. The minimum Gasteiger partial charge on any atom is -0.354 e. The first kappa shape index (κ1) is 20.6. The molecule has 9 heteroatoms. The molecule has 0 atom stereocenters. The van der Waals surface area contributed by atoms with Crippen molar-refractivity contribution in [3.05, 3.63) is 30.1 Å². The summed E-state index contributed by atoms with van der Waals surface area (Å²) in [5.74, 6) is -0.839. The molecule has 1 heterocycles. The van der Waals surface area contributed by atoms with E-state index in [1.165, 1.54) is 24.3 Å². The average Bonchev–Trinajstić information content (AvgIpc) is 2.58. The van der Waals surface area contributed by atoms with Crippen LogP contribution in [0.1, 0.15) is 6.42 Å². The third kappa shape index (κ3) is 6.54. The lowest BCUT2D eigenvalue weighted by atomic mass is 10.3. The van der Waals surface area contributed by atoms with Gasteiger partial charge in [-0.05, 0) is 44.3 Å². The maximum atomic E-state index is 13.0. The van der Waals surface area contributed by atoms with E-state index in [1.807, 2.05) is 0 Å². The van der Waals surface area contributed by atoms with Gasteiger partial charge in [0.05, 0.1) is 11.9 Å². The van der Waals surface area contributed by atoms with Gasteiger partial charge in [-0.3, -0.25) is 9.10 Å². The molecule has 0 aliphatic carbocycles. The molecule has 1 saturated heterocycles. The Morgan fingerprint density at radius 3 is 2.38 bits per heavy atom. The number of likely N-dealkylation sites (N-methyl/N-ethyl adjacent to an activating group) is 1. The number of nitrogens with one attached hydrogen (secondary N) is 1. The highest BCUT2D eigenvalue weighted by Crippen LogP contribution is 2.17. The van der Waals surface area contributed by atoms with Crippen LogP contribution >= 0.6 is 0 Å². The normalized spacial score (nSPS) is 16.4. The lowest BCUT2D eigenvalue weighted by molar-refractivity contribution is -0.119. The van der Waals surface area contributed by atoms with E-state index < -0.39 is 15.8 Å². The van der Waals surface area contributed by atoms with Gasteiger partial charge in [-0.15, -0.1) is 0 Å². The van der Waals surface area contributed by atoms with Crippen molar-refractivity contribution < 1.29 is 17.6 Å². The quantitative estimate of drug-likeness (QED) is 0.653. The number of hydrogen-bond donors (Lipinski definition) is 1. The van der Waals surface area contributed by atoms with Gasteiger partial charge < -0.3 is 15.1 Å². The van der Waals surface area contributed by atoms with Crippen LogP contribution in [-0.4, -0.2) is 83.2 Å². The highest BCUT2D eigenvalue weighted by molar-refractivity contribution is 7.92. The number of carbonyl (C=O) groups is 1. The fourth-order valence-corrected chi connectivity index (χ4v) is 3.65. The molecule has 2 rings (SSSR count). The molecule has 146 valence electrons. The minimum atomic E-state index is -3.64. The number of carbonyl (C=O) groups excluding carboxylic acids is 1. The van der Waals surface area contributed by atoms with E-state index in [9.17, 15) is 17.6 Å². The van der Waals surface area contributed by atoms with Gasteiger partial charge in [0, 0.05) is 32.7 Å². The number of halogens is 1. The van der Waals surface area contributed by atoms with Crippen LogP contribution in [0.5, 0.6) is 0 Å². The monoisotopic (exact) mass is 386 g/mol. The molecule has 7 nitrogen and oxygen atoms in total. The van der Waals surface area contributed by atoms with Gasteiger partial charge in [-0.1, -0.05) is 0 Å². The van der Waals surface area contributed by atoms with Crippen molar-refractivity contribution in [3.63, 3.8) is 0 Å². The van der Waals surface area contributed by atoms with Crippen LogP contribution in [0.2, 0.25) is 0 Å². The molecule has 26 heavy (non-hydrogen) atoms. The molecular formula is C17H27FN4O3S. The summed E-state index contributed by atoms with van der Waals surface area (Å²) in [6, 6.07) is 5.02. The number of piperazine rings is 1. The van der Waals surface area contributed by atoms with E-state index in [-0.39, 0.29) is 18.1 Å². The standard InChI is InChI=1S/C17H27FN4O3S/c1-20-10-12-21(13-11-20)9-3-8-19-17(23)14-22(26(2,24)25)16-6-4-15(18)5-7-16/h4-7H,3,8-14H2,1-2H3,(H,19,23). The average molecular weight is 386 g/mol. The Morgan fingerprint density at radius 1 is 1.19 bits per heavy atom. The Kier molecular flexibility index (Phi) is 7.36. The number of sulfonamides is 1. The summed E-state index contributed by atoms with van der Waals surface area (Å²) in [5.41, 5.74) is 0.265. The topological polar surface area (TPSA) is 73.0 Å². The second-order valence-corrected chi connectivity index (χ2v) is 8.50. The first-order valence-electron chi connectivity index (χ1n) is 8.66. The van der Waals surface area contributed by atoms with Crippen molar-refractivity contribution in [1.29, 1.82) is 0 Å². The number of hydrogen-bond acceptors (Lipinski definition) is 5. The second-order valence-electron chi connectivity index (χ2n) is 6.59. The minimum absolute atomic E-state index is 0.265. The smallest absolute Gasteiger partial charge is 0.240 e. The summed E-state index contributed by atoms with van der Waals surface area (Å²) < 4.78 is 37.9. The van der Waals surface area contributed by atoms with Crippen LogP contribution < -0.4 is 9.62 Å². The predicted octanol–water partition coefficient (Wildman–Crippen LogP) is 0.345. The van der Waals surface area contributed by atoms with Crippen LogP contribution in [0.4, 0.5) is 10.1 Å². The zero-order chi connectivity index (χ0) is 19.2. The summed E-state index contributed by atoms with van der Waals surface area (Å²) in [7, 11) is -1.54. The first-order valence-corrected chi connectivity index (χ1v) is 10.5. The van der Waals surface area contributed by atoms with E-state index in [2.05, 4.69) is 22.2 Å². The highest BCUT2D eigenvalue weighted by atomic mass is 32.2. The van der Waals surface area contributed by atoms with Gasteiger partial charge in [-0.25, -0.2) is 12.8 Å². The number of rotatable bonds is 8. The number of benzene rings is 1. The summed E-state index contributed by atoms with van der Waals surface area (Å²) in [5, 5.41) is 2.76. The van der Waals surface area contributed by atoms with Gasteiger partial charge in [0.1, 0.15) is 12.4 Å². The lowest BCUT2D eigenvalue weighted by Gasteiger charge is -2.32. The van der Waals surface area contributed by atoms with Crippen LogP contribution in [0.15, 0.2) is 24.3 Å². The molecule has 1 fully saturated rings. The molecular weight excluding hydrogens is 359 g/mol. The van der Waals surface area contributed by atoms with E-state index in [0.717, 1.165) is 49.7 Å². The third-order valence-corrected chi connectivity index (χ3v) is 5.51. The van der Waals surface area contributed by atoms with E-state index in [1.54, 1.807) is 0 Å². The molecule has 1 aromatic rings. The Morgan fingerprint density at radius 2 is 1.81 bits per heavy atom. The molecule has 0 radical (unpaired) electrons. The van der Waals surface area contributed by atoms with Crippen molar-refractivity contribution in [1.82, 2.24) is 15.1 Å². The zero-order valence-corrected chi connectivity index (χ0v) is 16.1. The van der Waals surface area contributed by atoms with Crippen LogP contribution in [0.25, 0.3) is 0 Å².